The molecule has 180 valence electrons. The normalized spacial score (nSPS) is 12.6. The Morgan fingerprint density at radius 1 is 1.00 bits per heavy atom. The summed E-state index contributed by atoms with van der Waals surface area (Å²) in [6.07, 6.45) is -2.15. The molecule has 0 unspecified atom stereocenters. The molecule has 0 aliphatic rings. The van der Waals surface area contributed by atoms with Gasteiger partial charge in [-0.05, 0) is 29.8 Å². The Kier molecular flexibility index (Phi) is 5.05. The molecule has 0 spiro atoms. The molecule has 13 heteroatoms. The summed E-state index contributed by atoms with van der Waals surface area (Å²) in [7, 11) is -2.26. The quantitative estimate of drug-likeness (QED) is 0.386. The summed E-state index contributed by atoms with van der Waals surface area (Å²) in [6.45, 7) is 1.48. The van der Waals surface area contributed by atoms with E-state index in [-0.39, 0.29) is 33.4 Å². The molecule has 0 saturated heterocycles. The molecule has 0 atom stereocenters. The Labute approximate surface area is 195 Å². The molecular weight excluding hydrogens is 485 g/mol. The Balaban J connectivity index is 1.71. The van der Waals surface area contributed by atoms with E-state index in [1.807, 2.05) is 0 Å². The van der Waals surface area contributed by atoms with E-state index < -0.39 is 21.7 Å². The average molecular weight is 502 g/mol. The van der Waals surface area contributed by atoms with Crippen molar-refractivity contribution in [3.63, 3.8) is 0 Å². The minimum atomic E-state index is -4.65. The number of aromatic amines is 2. The maximum Gasteiger partial charge on any atom is 0.433 e. The van der Waals surface area contributed by atoms with Crippen molar-refractivity contribution in [1.82, 2.24) is 29.5 Å². The fraction of sp³-hybridized carbons (Fsp3) is 0.182. The van der Waals surface area contributed by atoms with Gasteiger partial charge in [0.05, 0.1) is 38.9 Å². The minimum Gasteiger partial charge on any atom is -0.324 e. The largest absolute Gasteiger partial charge is 0.433 e. The number of imidazole rings is 2. The van der Waals surface area contributed by atoms with E-state index in [0.29, 0.717) is 27.7 Å². The first kappa shape index (κ1) is 22.8. The van der Waals surface area contributed by atoms with Gasteiger partial charge >= 0.3 is 11.9 Å². The standard InChI is InChI=1S/C22H17F3N6O3S/c1-3-35(33,34)17-7-12(11-4-5-13-14(6-11)30-21(32)29-13)9-27-19(17)20-28-15-8-18(22(23,24)25)26-10-16(15)31(20)2/h4-10H,3H2,1-2H3,(H2,29,30,32). The van der Waals surface area contributed by atoms with Gasteiger partial charge in [-0.2, -0.15) is 13.2 Å². The monoisotopic (exact) mass is 502 g/mol. The fourth-order valence-electron chi connectivity index (χ4n) is 3.83. The van der Waals surface area contributed by atoms with Crippen LogP contribution in [0.4, 0.5) is 13.2 Å². The second-order valence-corrected chi connectivity index (χ2v) is 10.1. The van der Waals surface area contributed by atoms with E-state index in [4.69, 9.17) is 0 Å². The van der Waals surface area contributed by atoms with Gasteiger partial charge < -0.3 is 14.5 Å². The summed E-state index contributed by atoms with van der Waals surface area (Å²) in [5.74, 6) is -0.135. The maximum atomic E-state index is 13.1. The van der Waals surface area contributed by atoms with Crippen LogP contribution in [0.2, 0.25) is 0 Å². The number of pyridine rings is 2. The first-order valence-corrected chi connectivity index (χ1v) is 12.0. The lowest BCUT2D eigenvalue weighted by atomic mass is 10.1. The highest BCUT2D eigenvalue weighted by Crippen LogP contribution is 2.34. The maximum absolute atomic E-state index is 13.1. The van der Waals surface area contributed by atoms with Gasteiger partial charge in [-0.1, -0.05) is 13.0 Å². The first-order chi connectivity index (χ1) is 16.5. The molecule has 9 nitrogen and oxygen atoms in total. The van der Waals surface area contributed by atoms with Crippen molar-refractivity contribution in [2.24, 2.45) is 7.05 Å². The van der Waals surface area contributed by atoms with Crippen molar-refractivity contribution < 1.29 is 21.6 Å². The van der Waals surface area contributed by atoms with Crippen molar-refractivity contribution in [2.75, 3.05) is 5.75 Å². The first-order valence-electron chi connectivity index (χ1n) is 10.3. The van der Waals surface area contributed by atoms with Gasteiger partial charge in [0.15, 0.2) is 15.7 Å². The number of aryl methyl sites for hydroxylation is 1. The number of rotatable bonds is 4. The summed E-state index contributed by atoms with van der Waals surface area (Å²) >= 11 is 0. The van der Waals surface area contributed by atoms with Gasteiger partial charge in [0.25, 0.3) is 0 Å². The highest BCUT2D eigenvalue weighted by molar-refractivity contribution is 7.91. The van der Waals surface area contributed by atoms with Crippen LogP contribution in [0.25, 0.3) is 44.7 Å². The van der Waals surface area contributed by atoms with Crippen LogP contribution in [0.15, 0.2) is 52.4 Å². The number of nitrogens with zero attached hydrogens (tertiary/aromatic N) is 4. The summed E-state index contributed by atoms with van der Waals surface area (Å²) < 4.78 is 66.8. The molecule has 4 aromatic heterocycles. The molecule has 35 heavy (non-hydrogen) atoms. The SMILES string of the molecule is CCS(=O)(=O)c1cc(-c2ccc3[nH]c(=O)[nH]c3c2)cnc1-c1nc2cc(C(F)(F)F)ncc2n1C. The van der Waals surface area contributed by atoms with Crippen molar-refractivity contribution in [3.05, 3.63) is 58.9 Å². The summed E-state index contributed by atoms with van der Waals surface area (Å²) in [5.41, 5.74) is 1.07. The Morgan fingerprint density at radius 3 is 2.46 bits per heavy atom. The van der Waals surface area contributed by atoms with Crippen LogP contribution < -0.4 is 5.69 Å². The van der Waals surface area contributed by atoms with Crippen molar-refractivity contribution in [2.45, 2.75) is 18.0 Å². The van der Waals surface area contributed by atoms with Crippen LogP contribution >= 0.6 is 0 Å². The van der Waals surface area contributed by atoms with E-state index in [1.165, 1.54) is 23.8 Å². The van der Waals surface area contributed by atoms with Gasteiger partial charge in [0, 0.05) is 18.8 Å². The third-order valence-corrected chi connectivity index (χ3v) is 7.43. The highest BCUT2D eigenvalue weighted by atomic mass is 32.2. The number of sulfone groups is 1. The number of nitrogens with one attached hydrogen (secondary N) is 2. The topological polar surface area (TPSA) is 126 Å². The summed E-state index contributed by atoms with van der Waals surface area (Å²) in [6, 6.07) is 7.34. The second kappa shape index (κ2) is 7.77. The van der Waals surface area contributed by atoms with Crippen LogP contribution in [0.1, 0.15) is 12.6 Å². The van der Waals surface area contributed by atoms with Crippen LogP contribution in [0.5, 0.6) is 0 Å². The number of aromatic nitrogens is 6. The highest BCUT2D eigenvalue weighted by Gasteiger charge is 2.33. The lowest BCUT2D eigenvalue weighted by Crippen LogP contribution is -2.09. The zero-order chi connectivity index (χ0) is 25.1. The van der Waals surface area contributed by atoms with Gasteiger partial charge in [-0.25, -0.2) is 23.2 Å². The number of H-pyrrole nitrogens is 2. The fourth-order valence-corrected chi connectivity index (χ4v) is 4.89. The zero-order valence-electron chi connectivity index (χ0n) is 18.3. The second-order valence-electron chi connectivity index (χ2n) is 7.86. The number of halogens is 3. The predicted octanol–water partition coefficient (Wildman–Crippen LogP) is 3.68. The average Bonchev–Trinajstić information content (AvgIpc) is 3.35. The molecule has 0 amide bonds. The van der Waals surface area contributed by atoms with Crippen LogP contribution in [-0.2, 0) is 23.1 Å². The number of hydrogen-bond donors (Lipinski definition) is 2. The third kappa shape index (κ3) is 3.87. The molecule has 2 N–H and O–H groups in total. The number of benzene rings is 1. The van der Waals surface area contributed by atoms with Gasteiger partial charge in [-0.3, -0.25) is 4.98 Å². The van der Waals surface area contributed by atoms with Crippen LogP contribution in [0, 0.1) is 0 Å². The number of alkyl halides is 3. The van der Waals surface area contributed by atoms with E-state index in [1.54, 1.807) is 25.2 Å². The van der Waals surface area contributed by atoms with E-state index in [2.05, 4.69) is 24.9 Å². The van der Waals surface area contributed by atoms with Gasteiger partial charge in [0.2, 0.25) is 0 Å². The zero-order valence-corrected chi connectivity index (χ0v) is 19.1. The molecule has 0 aliphatic heterocycles. The van der Waals surface area contributed by atoms with Crippen LogP contribution in [0.3, 0.4) is 0 Å². The minimum absolute atomic E-state index is 0.0115. The van der Waals surface area contributed by atoms with Crippen molar-refractivity contribution in [1.29, 1.82) is 0 Å². The van der Waals surface area contributed by atoms with Crippen molar-refractivity contribution >= 4 is 31.9 Å². The number of fused-ring (bicyclic) bond motifs is 2. The Bertz CT molecular complexity index is 1780. The van der Waals surface area contributed by atoms with E-state index in [9.17, 15) is 26.4 Å². The molecule has 5 aromatic rings. The summed E-state index contributed by atoms with van der Waals surface area (Å²) in [5, 5.41) is 0. The Hall–Kier alpha value is -4.00. The van der Waals surface area contributed by atoms with Crippen molar-refractivity contribution in [3.8, 4) is 22.6 Å². The molecule has 5 rings (SSSR count). The molecular formula is C22H17F3N6O3S. The molecule has 0 fully saturated rings. The lowest BCUT2D eigenvalue weighted by molar-refractivity contribution is -0.141. The predicted molar refractivity (Wildman–Crippen MR) is 122 cm³/mol. The molecule has 1 aromatic carbocycles. The molecule has 0 aliphatic carbocycles. The van der Waals surface area contributed by atoms with Crippen LogP contribution in [-0.4, -0.2) is 43.7 Å². The van der Waals surface area contributed by atoms with E-state index >= 15 is 0 Å². The van der Waals surface area contributed by atoms with Gasteiger partial charge in [0.1, 0.15) is 11.4 Å². The Morgan fingerprint density at radius 2 is 1.74 bits per heavy atom. The third-order valence-electron chi connectivity index (χ3n) is 5.69. The summed E-state index contributed by atoms with van der Waals surface area (Å²) in [4.78, 5) is 28.8. The molecule has 0 radical (unpaired) electrons. The molecule has 0 saturated carbocycles. The number of hydrogen-bond acceptors (Lipinski definition) is 6. The molecule has 0 bridgehead atoms. The molecule has 4 heterocycles. The smallest absolute Gasteiger partial charge is 0.324 e. The lowest BCUT2D eigenvalue weighted by Gasteiger charge is -2.11. The van der Waals surface area contributed by atoms with Gasteiger partial charge in [-0.15, -0.1) is 0 Å². The van der Waals surface area contributed by atoms with E-state index in [0.717, 1.165) is 12.3 Å².